The van der Waals surface area contributed by atoms with E-state index in [1.54, 1.807) is 34.9 Å². The van der Waals surface area contributed by atoms with E-state index in [9.17, 15) is 14.0 Å². The number of carbonyl (C=O) groups excluding carboxylic acids is 2. The first-order valence-corrected chi connectivity index (χ1v) is 10.2. The molecule has 0 bridgehead atoms. The molecular weight excluding hydrogens is 449 g/mol. The lowest BCUT2D eigenvalue weighted by molar-refractivity contribution is -0.112. The third-order valence-electron chi connectivity index (χ3n) is 5.10. The molecule has 2 aromatic heterocycles. The minimum absolute atomic E-state index is 0.0474. The molecule has 2 heterocycles. The molecule has 7 nitrogen and oxygen atoms in total. The van der Waals surface area contributed by atoms with Crippen LogP contribution in [-0.4, -0.2) is 35.5 Å². The summed E-state index contributed by atoms with van der Waals surface area (Å²) in [5.41, 5.74) is 1.81. The van der Waals surface area contributed by atoms with Crippen LogP contribution in [0.1, 0.15) is 15.9 Å². The number of methoxy groups -OCH3 is 2. The van der Waals surface area contributed by atoms with Crippen molar-refractivity contribution in [3.63, 3.8) is 0 Å². The third-order valence-corrected chi connectivity index (χ3v) is 5.49. The number of anilines is 1. The number of ether oxygens (including phenoxy) is 2. The predicted octanol–water partition coefficient (Wildman–Crippen LogP) is 4.72. The van der Waals surface area contributed by atoms with Crippen molar-refractivity contribution >= 4 is 39.9 Å². The molecular formula is C24H19ClFN3O4. The van der Waals surface area contributed by atoms with Crippen LogP contribution < -0.4 is 14.8 Å². The Labute approximate surface area is 193 Å². The zero-order valence-electron chi connectivity index (χ0n) is 17.8. The Morgan fingerprint density at radius 2 is 1.82 bits per heavy atom. The fraction of sp³-hybridized carbons (Fsp3) is 0.125. The van der Waals surface area contributed by atoms with Crippen LogP contribution in [0.2, 0.25) is 5.15 Å². The van der Waals surface area contributed by atoms with Crippen molar-refractivity contribution in [1.29, 1.82) is 0 Å². The standard InChI is InChI=1S/C24H19ClFN3O4/c1-32-17-7-8-19-18(12-17)21(23(25)29(19)13-14-3-5-15(26)6-4-14)22(30)24(31)28-16-9-10-27-20(11-16)33-2/h3-12H,13H2,1-2H3,(H,27,28,31). The fourth-order valence-corrected chi connectivity index (χ4v) is 3.81. The number of hydrogen-bond donors (Lipinski definition) is 1. The first kappa shape index (κ1) is 22.3. The zero-order chi connectivity index (χ0) is 23.5. The average Bonchev–Trinajstić information content (AvgIpc) is 3.10. The fourth-order valence-electron chi connectivity index (χ4n) is 3.47. The van der Waals surface area contributed by atoms with E-state index in [4.69, 9.17) is 21.1 Å². The predicted molar refractivity (Wildman–Crippen MR) is 123 cm³/mol. The van der Waals surface area contributed by atoms with Gasteiger partial charge in [-0.25, -0.2) is 9.37 Å². The number of hydrogen-bond acceptors (Lipinski definition) is 5. The van der Waals surface area contributed by atoms with Crippen LogP contribution in [0.25, 0.3) is 10.9 Å². The number of aromatic nitrogens is 2. The molecule has 0 radical (unpaired) electrons. The molecule has 0 spiro atoms. The summed E-state index contributed by atoms with van der Waals surface area (Å²) in [5, 5.41) is 3.11. The van der Waals surface area contributed by atoms with Crippen LogP contribution in [0.3, 0.4) is 0 Å². The van der Waals surface area contributed by atoms with Crippen molar-refractivity contribution < 1.29 is 23.5 Å². The van der Waals surface area contributed by atoms with E-state index >= 15 is 0 Å². The Kier molecular flexibility index (Phi) is 6.28. The number of benzene rings is 2. The molecule has 33 heavy (non-hydrogen) atoms. The van der Waals surface area contributed by atoms with Gasteiger partial charge in [0.05, 0.1) is 25.3 Å². The maximum absolute atomic E-state index is 13.3. The number of amides is 1. The smallest absolute Gasteiger partial charge is 0.296 e. The van der Waals surface area contributed by atoms with Crippen LogP contribution in [0.15, 0.2) is 60.8 Å². The third kappa shape index (κ3) is 4.51. The quantitative estimate of drug-likeness (QED) is 0.314. The van der Waals surface area contributed by atoms with Gasteiger partial charge in [0.15, 0.2) is 0 Å². The second-order valence-electron chi connectivity index (χ2n) is 7.13. The summed E-state index contributed by atoms with van der Waals surface area (Å²) in [5.74, 6) is -1.24. The van der Waals surface area contributed by atoms with E-state index in [0.717, 1.165) is 5.56 Å². The van der Waals surface area contributed by atoms with Crippen molar-refractivity contribution in [2.24, 2.45) is 0 Å². The van der Waals surface area contributed by atoms with E-state index in [1.807, 2.05) is 0 Å². The Morgan fingerprint density at radius 1 is 1.06 bits per heavy atom. The summed E-state index contributed by atoms with van der Waals surface area (Å²) >= 11 is 6.64. The van der Waals surface area contributed by atoms with Gasteiger partial charge in [-0.3, -0.25) is 9.59 Å². The Bertz CT molecular complexity index is 1350. The summed E-state index contributed by atoms with van der Waals surface area (Å²) in [6, 6.07) is 14.1. The van der Waals surface area contributed by atoms with Gasteiger partial charge in [0.2, 0.25) is 5.88 Å². The molecule has 0 atom stereocenters. The molecule has 0 unspecified atom stereocenters. The van der Waals surface area contributed by atoms with Gasteiger partial charge in [-0.05, 0) is 42.0 Å². The van der Waals surface area contributed by atoms with E-state index in [0.29, 0.717) is 28.2 Å². The first-order chi connectivity index (χ1) is 15.9. The molecule has 4 aromatic rings. The van der Waals surface area contributed by atoms with E-state index in [-0.39, 0.29) is 23.1 Å². The molecule has 1 amide bonds. The molecule has 168 valence electrons. The number of nitrogens with one attached hydrogen (secondary N) is 1. The van der Waals surface area contributed by atoms with Crippen molar-refractivity contribution in [3.8, 4) is 11.6 Å². The van der Waals surface area contributed by atoms with Crippen LogP contribution in [-0.2, 0) is 11.3 Å². The van der Waals surface area contributed by atoms with Crippen LogP contribution in [0, 0.1) is 5.82 Å². The SMILES string of the molecule is COc1ccc2c(c1)c(C(=O)C(=O)Nc1ccnc(OC)c1)c(Cl)n2Cc1ccc(F)cc1. The van der Waals surface area contributed by atoms with Crippen molar-refractivity contribution in [1.82, 2.24) is 9.55 Å². The minimum Gasteiger partial charge on any atom is -0.497 e. The summed E-state index contributed by atoms with van der Waals surface area (Å²) in [4.78, 5) is 30.0. The Morgan fingerprint density at radius 3 is 2.52 bits per heavy atom. The maximum Gasteiger partial charge on any atom is 0.296 e. The summed E-state index contributed by atoms with van der Waals surface area (Å²) < 4.78 is 25.3. The number of Topliss-reactive ketones (excluding diaryl/α,β-unsaturated/α-hetero) is 1. The number of fused-ring (bicyclic) bond motifs is 1. The van der Waals surface area contributed by atoms with Gasteiger partial charge in [0.1, 0.15) is 16.7 Å². The lowest BCUT2D eigenvalue weighted by atomic mass is 10.1. The van der Waals surface area contributed by atoms with E-state index in [1.165, 1.54) is 44.7 Å². The highest BCUT2D eigenvalue weighted by Gasteiger charge is 2.27. The van der Waals surface area contributed by atoms with Crippen LogP contribution in [0.4, 0.5) is 10.1 Å². The van der Waals surface area contributed by atoms with Crippen molar-refractivity contribution in [2.45, 2.75) is 6.54 Å². The highest BCUT2D eigenvalue weighted by atomic mass is 35.5. The second-order valence-corrected chi connectivity index (χ2v) is 7.49. The van der Waals surface area contributed by atoms with Gasteiger partial charge in [0, 0.05) is 29.9 Å². The molecule has 9 heteroatoms. The summed E-state index contributed by atoms with van der Waals surface area (Å²) in [7, 11) is 2.95. The highest BCUT2D eigenvalue weighted by Crippen LogP contribution is 2.34. The molecule has 2 aromatic carbocycles. The Hall–Kier alpha value is -3.91. The molecule has 0 saturated heterocycles. The van der Waals surface area contributed by atoms with Crippen molar-refractivity contribution in [2.75, 3.05) is 19.5 Å². The van der Waals surface area contributed by atoms with Gasteiger partial charge in [-0.2, -0.15) is 0 Å². The highest BCUT2D eigenvalue weighted by molar-refractivity contribution is 6.51. The van der Waals surface area contributed by atoms with Crippen molar-refractivity contribution in [3.05, 3.63) is 82.9 Å². The number of nitrogens with zero attached hydrogens (tertiary/aromatic N) is 2. The van der Waals surface area contributed by atoms with Gasteiger partial charge in [0.25, 0.3) is 11.7 Å². The second kappa shape index (κ2) is 9.30. The zero-order valence-corrected chi connectivity index (χ0v) is 18.5. The number of rotatable bonds is 7. The number of ketones is 1. The van der Waals surface area contributed by atoms with Gasteiger partial charge in [-0.15, -0.1) is 0 Å². The monoisotopic (exact) mass is 467 g/mol. The molecule has 0 saturated carbocycles. The molecule has 0 aliphatic carbocycles. The molecule has 0 aliphatic heterocycles. The van der Waals surface area contributed by atoms with Crippen LogP contribution >= 0.6 is 11.6 Å². The first-order valence-electron chi connectivity index (χ1n) is 9.87. The molecule has 1 N–H and O–H groups in total. The van der Waals surface area contributed by atoms with E-state index < -0.39 is 11.7 Å². The van der Waals surface area contributed by atoms with E-state index in [2.05, 4.69) is 10.3 Å². The number of pyridine rings is 1. The molecule has 0 fully saturated rings. The van der Waals surface area contributed by atoms with Gasteiger partial charge in [-0.1, -0.05) is 23.7 Å². The molecule has 4 rings (SSSR count). The normalized spacial score (nSPS) is 10.8. The van der Waals surface area contributed by atoms with Gasteiger partial charge < -0.3 is 19.4 Å². The van der Waals surface area contributed by atoms with Gasteiger partial charge >= 0.3 is 0 Å². The average molecular weight is 468 g/mol. The largest absolute Gasteiger partial charge is 0.497 e. The Balaban J connectivity index is 1.75. The number of carbonyl (C=O) groups is 2. The summed E-state index contributed by atoms with van der Waals surface area (Å²) in [6.07, 6.45) is 1.45. The summed E-state index contributed by atoms with van der Waals surface area (Å²) in [6.45, 7) is 0.276. The maximum atomic E-state index is 13.3. The van der Waals surface area contributed by atoms with Crippen LogP contribution in [0.5, 0.6) is 11.6 Å². The lowest BCUT2D eigenvalue weighted by Crippen LogP contribution is -2.23. The minimum atomic E-state index is -0.867. The topological polar surface area (TPSA) is 82.5 Å². The lowest BCUT2D eigenvalue weighted by Gasteiger charge is -2.08. The molecule has 0 aliphatic rings. The number of halogens is 2.